The van der Waals surface area contributed by atoms with Crippen molar-refractivity contribution in [2.75, 3.05) is 5.32 Å². The molecule has 17 heavy (non-hydrogen) atoms. The molecule has 0 aliphatic heterocycles. The Labute approximate surface area is 101 Å². The second-order valence-electron chi connectivity index (χ2n) is 5.32. The lowest BCUT2D eigenvalue weighted by Gasteiger charge is -2.14. The van der Waals surface area contributed by atoms with Crippen molar-refractivity contribution in [1.29, 1.82) is 0 Å². The second-order valence-corrected chi connectivity index (χ2v) is 5.32. The Hall–Kier alpha value is -1.10. The third kappa shape index (κ3) is 2.77. The fourth-order valence-corrected chi connectivity index (χ4v) is 2.42. The minimum atomic E-state index is 0.500. The summed E-state index contributed by atoms with van der Waals surface area (Å²) in [5.74, 6) is 1.39. The molecule has 5 heteroatoms. The third-order valence-corrected chi connectivity index (χ3v) is 3.76. The van der Waals surface area contributed by atoms with Gasteiger partial charge in [-0.2, -0.15) is 0 Å². The van der Waals surface area contributed by atoms with Gasteiger partial charge >= 0.3 is 6.01 Å². The molecular weight excluding hydrogens is 216 g/mol. The normalized spacial score (nSPS) is 28.5. The van der Waals surface area contributed by atoms with Crippen molar-refractivity contribution in [3.05, 3.63) is 5.89 Å². The fourth-order valence-electron chi connectivity index (χ4n) is 2.42. The molecule has 1 heterocycles. The SMILES string of the molecule is CC1CCCC1Nc1nnc(CNC2CC2)o1. The second kappa shape index (κ2) is 4.64. The van der Waals surface area contributed by atoms with Crippen LogP contribution in [-0.2, 0) is 6.54 Å². The van der Waals surface area contributed by atoms with Crippen LogP contribution in [0.15, 0.2) is 4.42 Å². The largest absolute Gasteiger partial charge is 0.407 e. The Morgan fingerprint density at radius 1 is 1.24 bits per heavy atom. The topological polar surface area (TPSA) is 63.0 Å². The molecule has 1 aromatic rings. The minimum absolute atomic E-state index is 0.500. The molecule has 2 aliphatic carbocycles. The van der Waals surface area contributed by atoms with Crippen LogP contribution < -0.4 is 10.6 Å². The first-order chi connectivity index (χ1) is 8.31. The first-order valence-electron chi connectivity index (χ1n) is 6.63. The number of aromatic nitrogens is 2. The van der Waals surface area contributed by atoms with E-state index in [-0.39, 0.29) is 0 Å². The summed E-state index contributed by atoms with van der Waals surface area (Å²) in [6.45, 7) is 2.97. The van der Waals surface area contributed by atoms with Gasteiger partial charge in [-0.25, -0.2) is 0 Å². The third-order valence-electron chi connectivity index (χ3n) is 3.76. The smallest absolute Gasteiger partial charge is 0.315 e. The van der Waals surface area contributed by atoms with Crippen LogP contribution in [0.5, 0.6) is 0 Å². The average Bonchev–Trinajstić information content (AvgIpc) is 2.92. The maximum atomic E-state index is 5.58. The molecule has 1 aromatic heterocycles. The first-order valence-corrected chi connectivity index (χ1v) is 6.63. The molecule has 2 saturated carbocycles. The molecule has 0 bridgehead atoms. The summed E-state index contributed by atoms with van der Waals surface area (Å²) in [7, 11) is 0. The Morgan fingerprint density at radius 2 is 2.12 bits per heavy atom. The molecule has 2 aliphatic rings. The first kappa shape index (κ1) is 11.0. The zero-order valence-corrected chi connectivity index (χ0v) is 10.3. The van der Waals surface area contributed by atoms with E-state index in [9.17, 15) is 0 Å². The van der Waals surface area contributed by atoms with Gasteiger partial charge in [-0.1, -0.05) is 18.4 Å². The Morgan fingerprint density at radius 3 is 2.82 bits per heavy atom. The molecule has 0 spiro atoms. The predicted octanol–water partition coefficient (Wildman–Crippen LogP) is 1.92. The number of nitrogens with one attached hydrogen (secondary N) is 2. The molecule has 0 aromatic carbocycles. The number of hydrogen-bond donors (Lipinski definition) is 2. The van der Waals surface area contributed by atoms with Gasteiger partial charge in [0, 0.05) is 12.1 Å². The Kier molecular flexibility index (Phi) is 3.01. The number of rotatable bonds is 5. The minimum Gasteiger partial charge on any atom is -0.407 e. The molecule has 2 N–H and O–H groups in total. The summed E-state index contributed by atoms with van der Waals surface area (Å²) >= 11 is 0. The van der Waals surface area contributed by atoms with E-state index in [1.807, 2.05) is 0 Å². The Bertz CT molecular complexity index is 374. The fraction of sp³-hybridized carbons (Fsp3) is 0.833. The van der Waals surface area contributed by atoms with Crippen molar-refractivity contribution < 1.29 is 4.42 Å². The molecule has 2 fully saturated rings. The standard InChI is InChI=1S/C12H20N4O/c1-8-3-2-4-10(8)14-12-16-15-11(17-12)7-13-9-5-6-9/h8-10,13H,2-7H2,1H3,(H,14,16). The molecule has 2 unspecified atom stereocenters. The average molecular weight is 236 g/mol. The number of anilines is 1. The highest BCUT2D eigenvalue weighted by molar-refractivity contribution is 5.20. The zero-order valence-electron chi connectivity index (χ0n) is 10.3. The highest BCUT2D eigenvalue weighted by Crippen LogP contribution is 2.27. The van der Waals surface area contributed by atoms with Crippen molar-refractivity contribution in [3.8, 4) is 0 Å². The van der Waals surface area contributed by atoms with Crippen LogP contribution in [0, 0.1) is 5.92 Å². The summed E-state index contributed by atoms with van der Waals surface area (Å²) in [4.78, 5) is 0. The lowest BCUT2D eigenvalue weighted by Crippen LogP contribution is -2.21. The number of hydrogen-bond acceptors (Lipinski definition) is 5. The van der Waals surface area contributed by atoms with Gasteiger partial charge in [-0.3, -0.25) is 0 Å². The lowest BCUT2D eigenvalue weighted by atomic mass is 10.1. The van der Waals surface area contributed by atoms with Crippen LogP contribution in [0.1, 0.15) is 44.9 Å². The highest BCUT2D eigenvalue weighted by Gasteiger charge is 2.25. The van der Waals surface area contributed by atoms with Gasteiger partial charge in [-0.15, -0.1) is 5.10 Å². The Balaban J connectivity index is 1.52. The van der Waals surface area contributed by atoms with E-state index in [4.69, 9.17) is 4.42 Å². The van der Waals surface area contributed by atoms with Gasteiger partial charge in [-0.05, 0) is 31.6 Å². The molecular formula is C12H20N4O. The van der Waals surface area contributed by atoms with Gasteiger partial charge in [0.2, 0.25) is 5.89 Å². The molecule has 0 saturated heterocycles. The number of nitrogens with zero attached hydrogens (tertiary/aromatic N) is 2. The van der Waals surface area contributed by atoms with Gasteiger partial charge in [0.05, 0.1) is 6.54 Å². The van der Waals surface area contributed by atoms with Crippen LogP contribution in [0.4, 0.5) is 6.01 Å². The van der Waals surface area contributed by atoms with Gasteiger partial charge in [0.25, 0.3) is 0 Å². The van der Waals surface area contributed by atoms with Crippen LogP contribution in [-0.4, -0.2) is 22.3 Å². The summed E-state index contributed by atoms with van der Waals surface area (Å²) < 4.78 is 5.58. The highest BCUT2D eigenvalue weighted by atomic mass is 16.4. The monoisotopic (exact) mass is 236 g/mol. The summed E-state index contributed by atoms with van der Waals surface area (Å²) in [5, 5.41) is 14.8. The van der Waals surface area contributed by atoms with Crippen molar-refractivity contribution in [2.24, 2.45) is 5.92 Å². The molecule has 2 atom stereocenters. The van der Waals surface area contributed by atoms with Crippen molar-refractivity contribution in [3.63, 3.8) is 0 Å². The van der Waals surface area contributed by atoms with Gasteiger partial charge in [0.15, 0.2) is 0 Å². The van der Waals surface area contributed by atoms with E-state index in [0.717, 1.165) is 0 Å². The van der Waals surface area contributed by atoms with E-state index in [2.05, 4.69) is 27.8 Å². The summed E-state index contributed by atoms with van der Waals surface area (Å²) in [6.07, 6.45) is 6.35. The van der Waals surface area contributed by atoms with E-state index in [1.165, 1.54) is 32.1 Å². The molecule has 3 rings (SSSR count). The maximum absolute atomic E-state index is 5.58. The predicted molar refractivity (Wildman–Crippen MR) is 64.6 cm³/mol. The van der Waals surface area contributed by atoms with Crippen molar-refractivity contribution in [2.45, 2.75) is 57.7 Å². The van der Waals surface area contributed by atoms with Crippen LogP contribution in [0.2, 0.25) is 0 Å². The van der Waals surface area contributed by atoms with Crippen LogP contribution >= 0.6 is 0 Å². The van der Waals surface area contributed by atoms with E-state index in [0.29, 0.717) is 36.5 Å². The summed E-state index contributed by atoms with van der Waals surface area (Å²) in [6, 6.07) is 1.75. The molecule has 5 nitrogen and oxygen atoms in total. The lowest BCUT2D eigenvalue weighted by molar-refractivity contribution is 0.462. The van der Waals surface area contributed by atoms with E-state index in [1.54, 1.807) is 0 Å². The summed E-state index contributed by atoms with van der Waals surface area (Å²) in [5.41, 5.74) is 0. The van der Waals surface area contributed by atoms with Crippen LogP contribution in [0.3, 0.4) is 0 Å². The van der Waals surface area contributed by atoms with Gasteiger partial charge in [0.1, 0.15) is 0 Å². The van der Waals surface area contributed by atoms with Crippen LogP contribution in [0.25, 0.3) is 0 Å². The molecule has 0 amide bonds. The van der Waals surface area contributed by atoms with Crippen molar-refractivity contribution in [1.82, 2.24) is 15.5 Å². The maximum Gasteiger partial charge on any atom is 0.315 e. The van der Waals surface area contributed by atoms with E-state index >= 15 is 0 Å². The van der Waals surface area contributed by atoms with Gasteiger partial charge < -0.3 is 15.1 Å². The molecule has 0 radical (unpaired) electrons. The van der Waals surface area contributed by atoms with Crippen molar-refractivity contribution >= 4 is 6.01 Å². The molecule has 94 valence electrons. The zero-order chi connectivity index (χ0) is 11.7. The quantitative estimate of drug-likeness (QED) is 0.817. The van der Waals surface area contributed by atoms with E-state index < -0.39 is 0 Å².